The normalized spacial score (nSPS) is 17.8. The molecule has 1 atom stereocenters. The first-order chi connectivity index (χ1) is 8.70. The minimum absolute atomic E-state index is 0. The lowest BCUT2D eigenvalue weighted by molar-refractivity contribution is 0.141. The molecule has 0 bridgehead atoms. The van der Waals surface area contributed by atoms with E-state index in [2.05, 4.69) is 10.2 Å². The van der Waals surface area contributed by atoms with Gasteiger partial charge in [-0.2, -0.15) is 0 Å². The Morgan fingerprint density at radius 2 is 2.00 bits per heavy atom. The predicted octanol–water partition coefficient (Wildman–Crippen LogP) is 2.23. The predicted molar refractivity (Wildman–Crippen MR) is 77.5 cm³/mol. The molecule has 6 heteroatoms. The van der Waals surface area contributed by atoms with Crippen molar-refractivity contribution in [1.82, 2.24) is 10.2 Å². The first kappa shape index (κ1) is 16.7. The zero-order chi connectivity index (χ0) is 13.0. The number of rotatable bonds is 4. The van der Waals surface area contributed by atoms with Crippen molar-refractivity contribution in [3.63, 3.8) is 0 Å². The summed E-state index contributed by atoms with van der Waals surface area (Å²) in [6, 6.07) is 4.63. The highest BCUT2D eigenvalue weighted by atomic mass is 35.5. The summed E-state index contributed by atoms with van der Waals surface area (Å²) in [6.07, 6.45) is 0.597. The van der Waals surface area contributed by atoms with Gasteiger partial charge in [-0.3, -0.25) is 4.90 Å². The Morgan fingerprint density at radius 1 is 1.32 bits per heavy atom. The van der Waals surface area contributed by atoms with Gasteiger partial charge in [-0.25, -0.2) is 4.39 Å². The molecular formula is C13H19Cl2FN2O. The lowest BCUT2D eigenvalue weighted by Crippen LogP contribution is -2.45. The van der Waals surface area contributed by atoms with Gasteiger partial charge in [0, 0.05) is 43.9 Å². The number of hydrogen-bond donors (Lipinski definition) is 2. The highest BCUT2D eigenvalue weighted by Crippen LogP contribution is 2.27. The summed E-state index contributed by atoms with van der Waals surface area (Å²) >= 11 is 5.90. The largest absolute Gasteiger partial charge is 0.396 e. The van der Waals surface area contributed by atoms with E-state index < -0.39 is 0 Å². The fraction of sp³-hybridized carbons (Fsp3) is 0.538. The third-order valence-corrected chi connectivity index (χ3v) is 3.48. The molecule has 1 aromatic carbocycles. The molecule has 1 fully saturated rings. The average Bonchev–Trinajstić information content (AvgIpc) is 2.36. The molecule has 1 aliphatic heterocycles. The van der Waals surface area contributed by atoms with Gasteiger partial charge in [-0.15, -0.1) is 12.4 Å². The number of nitrogens with one attached hydrogen (secondary N) is 1. The molecule has 108 valence electrons. The van der Waals surface area contributed by atoms with Crippen molar-refractivity contribution in [2.45, 2.75) is 12.5 Å². The first-order valence-corrected chi connectivity index (χ1v) is 6.60. The summed E-state index contributed by atoms with van der Waals surface area (Å²) in [7, 11) is 0. The Labute approximate surface area is 124 Å². The lowest BCUT2D eigenvalue weighted by atomic mass is 10.0. The molecule has 3 nitrogen and oxygen atoms in total. The monoisotopic (exact) mass is 308 g/mol. The fourth-order valence-corrected chi connectivity index (χ4v) is 2.67. The van der Waals surface area contributed by atoms with Gasteiger partial charge in [0.1, 0.15) is 5.82 Å². The summed E-state index contributed by atoms with van der Waals surface area (Å²) in [4.78, 5) is 2.26. The Kier molecular flexibility index (Phi) is 7.04. The van der Waals surface area contributed by atoms with E-state index in [4.69, 9.17) is 11.6 Å². The van der Waals surface area contributed by atoms with E-state index in [0.717, 1.165) is 31.7 Å². The minimum atomic E-state index is -0.324. The van der Waals surface area contributed by atoms with Crippen LogP contribution < -0.4 is 5.32 Å². The van der Waals surface area contributed by atoms with Crippen LogP contribution in [0.2, 0.25) is 5.02 Å². The Hall–Kier alpha value is -0.390. The van der Waals surface area contributed by atoms with Crippen LogP contribution in [0.25, 0.3) is 0 Å². The van der Waals surface area contributed by atoms with Gasteiger partial charge < -0.3 is 10.4 Å². The van der Waals surface area contributed by atoms with Gasteiger partial charge >= 0.3 is 0 Å². The molecule has 2 N–H and O–H groups in total. The summed E-state index contributed by atoms with van der Waals surface area (Å²) in [6.45, 7) is 3.73. The second kappa shape index (κ2) is 8.02. The zero-order valence-corrected chi connectivity index (χ0v) is 12.2. The standard InChI is InChI=1S/C13H18ClFN2O.ClH/c14-11-7-10(8-12(15)9-11)13(1-6-18)17-4-2-16-3-5-17;/h7-9,13,16,18H,1-6H2;1H/t13-;/m0./s1. The van der Waals surface area contributed by atoms with E-state index in [0.29, 0.717) is 11.4 Å². The third-order valence-electron chi connectivity index (χ3n) is 3.26. The fourth-order valence-electron chi connectivity index (χ4n) is 2.44. The number of halogens is 3. The average molecular weight is 309 g/mol. The maximum atomic E-state index is 13.4. The number of hydrogen-bond acceptors (Lipinski definition) is 3. The van der Waals surface area contributed by atoms with Gasteiger partial charge in [0.25, 0.3) is 0 Å². The van der Waals surface area contributed by atoms with Crippen molar-refractivity contribution in [3.8, 4) is 0 Å². The van der Waals surface area contributed by atoms with Gasteiger partial charge in [0.05, 0.1) is 0 Å². The van der Waals surface area contributed by atoms with Crippen LogP contribution in [-0.4, -0.2) is 42.8 Å². The van der Waals surface area contributed by atoms with E-state index in [1.54, 1.807) is 6.07 Å². The smallest absolute Gasteiger partial charge is 0.125 e. The van der Waals surface area contributed by atoms with Crippen LogP contribution in [0.5, 0.6) is 0 Å². The highest BCUT2D eigenvalue weighted by Gasteiger charge is 2.22. The molecule has 1 saturated heterocycles. The molecule has 19 heavy (non-hydrogen) atoms. The van der Waals surface area contributed by atoms with Crippen LogP contribution in [-0.2, 0) is 0 Å². The summed E-state index contributed by atoms with van der Waals surface area (Å²) in [5, 5.41) is 12.9. The summed E-state index contributed by atoms with van der Waals surface area (Å²) in [5.74, 6) is -0.324. The molecule has 0 radical (unpaired) electrons. The van der Waals surface area contributed by atoms with Crippen molar-refractivity contribution in [2.24, 2.45) is 0 Å². The van der Waals surface area contributed by atoms with Crippen LogP contribution in [0.4, 0.5) is 4.39 Å². The van der Waals surface area contributed by atoms with Crippen molar-refractivity contribution >= 4 is 24.0 Å². The Bertz CT molecular complexity index is 380. The van der Waals surface area contributed by atoms with Crippen molar-refractivity contribution in [2.75, 3.05) is 32.8 Å². The third kappa shape index (κ3) is 4.58. The number of nitrogens with zero attached hydrogens (tertiary/aromatic N) is 1. The highest BCUT2D eigenvalue weighted by molar-refractivity contribution is 6.30. The molecule has 0 saturated carbocycles. The number of aliphatic hydroxyl groups is 1. The van der Waals surface area contributed by atoms with Crippen LogP contribution in [0.1, 0.15) is 18.0 Å². The SMILES string of the molecule is Cl.OCC[C@@H](c1cc(F)cc(Cl)c1)N1CCNCC1. The molecule has 2 rings (SSSR count). The maximum Gasteiger partial charge on any atom is 0.125 e. The van der Waals surface area contributed by atoms with Gasteiger partial charge in [-0.05, 0) is 30.2 Å². The van der Waals surface area contributed by atoms with Crippen LogP contribution in [0.3, 0.4) is 0 Å². The van der Waals surface area contributed by atoms with E-state index >= 15 is 0 Å². The Morgan fingerprint density at radius 3 is 2.58 bits per heavy atom. The molecule has 0 unspecified atom stereocenters. The molecule has 0 amide bonds. The summed E-state index contributed by atoms with van der Waals surface area (Å²) in [5.41, 5.74) is 0.843. The molecule has 1 heterocycles. The molecular weight excluding hydrogens is 290 g/mol. The van der Waals surface area contributed by atoms with Crippen LogP contribution in [0.15, 0.2) is 18.2 Å². The second-order valence-corrected chi connectivity index (χ2v) is 4.95. The van der Waals surface area contributed by atoms with Gasteiger partial charge in [-0.1, -0.05) is 11.6 Å². The van der Waals surface area contributed by atoms with Crippen molar-refractivity contribution in [3.05, 3.63) is 34.6 Å². The lowest BCUT2D eigenvalue weighted by Gasteiger charge is -2.35. The summed E-state index contributed by atoms with van der Waals surface area (Å²) < 4.78 is 13.4. The van der Waals surface area contributed by atoms with Gasteiger partial charge in [0.15, 0.2) is 0 Å². The van der Waals surface area contributed by atoms with Gasteiger partial charge in [0.2, 0.25) is 0 Å². The van der Waals surface area contributed by atoms with Crippen molar-refractivity contribution in [1.29, 1.82) is 0 Å². The molecule has 0 spiro atoms. The maximum absolute atomic E-state index is 13.4. The number of aliphatic hydroxyl groups excluding tert-OH is 1. The molecule has 0 aromatic heterocycles. The van der Waals surface area contributed by atoms with Crippen LogP contribution in [0, 0.1) is 5.82 Å². The van der Waals surface area contributed by atoms with Crippen LogP contribution >= 0.6 is 24.0 Å². The Balaban J connectivity index is 0.00000180. The molecule has 1 aromatic rings. The first-order valence-electron chi connectivity index (χ1n) is 6.22. The zero-order valence-electron chi connectivity index (χ0n) is 10.6. The molecule has 1 aliphatic rings. The minimum Gasteiger partial charge on any atom is -0.396 e. The molecule has 0 aliphatic carbocycles. The van der Waals surface area contributed by atoms with E-state index in [-0.39, 0.29) is 30.9 Å². The van der Waals surface area contributed by atoms with E-state index in [1.807, 2.05) is 0 Å². The van der Waals surface area contributed by atoms with E-state index in [1.165, 1.54) is 12.1 Å². The quantitative estimate of drug-likeness (QED) is 0.895. The van der Waals surface area contributed by atoms with E-state index in [9.17, 15) is 9.50 Å². The second-order valence-electron chi connectivity index (χ2n) is 4.52. The van der Waals surface area contributed by atoms with Crippen molar-refractivity contribution < 1.29 is 9.50 Å². The number of piperazine rings is 1. The number of benzene rings is 1. The topological polar surface area (TPSA) is 35.5 Å².